The molecule has 31 heavy (non-hydrogen) atoms. The summed E-state index contributed by atoms with van der Waals surface area (Å²) in [6.45, 7) is 0. The number of fused-ring (bicyclic) bond motifs is 3. The summed E-state index contributed by atoms with van der Waals surface area (Å²) in [6.07, 6.45) is 0.267. The highest BCUT2D eigenvalue weighted by atomic mass is 35.5. The molecule has 0 aromatic heterocycles. The van der Waals surface area contributed by atoms with E-state index in [0.717, 1.165) is 46.1 Å². The maximum Gasteiger partial charge on any atom is 0.215 e. The molecule has 0 unspecified atom stereocenters. The second kappa shape index (κ2) is 7.98. The molecule has 0 saturated carbocycles. The predicted octanol–water partition coefficient (Wildman–Crippen LogP) is 6.25. The van der Waals surface area contributed by atoms with Crippen LogP contribution in [0.25, 0.3) is 0 Å². The number of halogens is 2. The van der Waals surface area contributed by atoms with E-state index in [1.807, 2.05) is 59.6 Å². The Morgan fingerprint density at radius 1 is 0.903 bits per heavy atom. The van der Waals surface area contributed by atoms with Gasteiger partial charge >= 0.3 is 0 Å². The topological polar surface area (TPSA) is 43.3 Å². The number of hydrogen-bond donors (Lipinski definition) is 0. The fraction of sp³-hybridized carbons (Fsp3) is 0.208. The average molecular weight is 455 g/mol. The third-order valence-corrected chi connectivity index (χ3v) is 6.21. The molecule has 5 nitrogen and oxygen atoms in total. The fourth-order valence-electron chi connectivity index (χ4n) is 4.06. The molecule has 7 heteroatoms. The van der Waals surface area contributed by atoms with Gasteiger partial charge in [-0.05, 0) is 60.2 Å². The van der Waals surface area contributed by atoms with Gasteiger partial charge in [-0.15, -0.1) is 0 Å². The number of hydrazone groups is 1. The van der Waals surface area contributed by atoms with E-state index in [1.165, 1.54) is 0 Å². The fourth-order valence-corrected chi connectivity index (χ4v) is 4.56. The van der Waals surface area contributed by atoms with Crippen molar-refractivity contribution in [2.24, 2.45) is 5.10 Å². The van der Waals surface area contributed by atoms with Gasteiger partial charge in [0, 0.05) is 22.6 Å². The molecule has 0 radical (unpaired) electrons. The zero-order chi connectivity index (χ0) is 21.5. The molecule has 3 aromatic rings. The summed E-state index contributed by atoms with van der Waals surface area (Å²) >= 11 is 12.7. The van der Waals surface area contributed by atoms with Crippen molar-refractivity contribution < 1.29 is 14.2 Å². The third kappa shape index (κ3) is 3.58. The van der Waals surface area contributed by atoms with Crippen molar-refractivity contribution in [1.82, 2.24) is 5.01 Å². The van der Waals surface area contributed by atoms with Gasteiger partial charge in [0.25, 0.3) is 0 Å². The smallest absolute Gasteiger partial charge is 0.215 e. The van der Waals surface area contributed by atoms with Crippen molar-refractivity contribution in [2.45, 2.75) is 18.7 Å². The van der Waals surface area contributed by atoms with E-state index < -0.39 is 6.23 Å². The van der Waals surface area contributed by atoms with E-state index in [9.17, 15) is 0 Å². The molecular weight excluding hydrogens is 435 g/mol. The first-order valence-electron chi connectivity index (χ1n) is 9.87. The summed E-state index contributed by atoms with van der Waals surface area (Å²) in [7, 11) is 3.32. The van der Waals surface area contributed by atoms with Gasteiger partial charge in [-0.2, -0.15) is 5.10 Å². The highest BCUT2D eigenvalue weighted by Crippen LogP contribution is 2.49. The predicted molar refractivity (Wildman–Crippen MR) is 122 cm³/mol. The second-order valence-electron chi connectivity index (χ2n) is 7.41. The molecule has 2 heterocycles. The third-order valence-electron chi connectivity index (χ3n) is 5.65. The van der Waals surface area contributed by atoms with Crippen LogP contribution in [0.2, 0.25) is 10.0 Å². The first kappa shape index (κ1) is 20.0. The van der Waals surface area contributed by atoms with Gasteiger partial charge in [-0.1, -0.05) is 29.3 Å². The van der Waals surface area contributed by atoms with E-state index in [4.69, 9.17) is 42.5 Å². The van der Waals surface area contributed by atoms with Crippen LogP contribution in [-0.4, -0.2) is 24.9 Å². The van der Waals surface area contributed by atoms with Crippen molar-refractivity contribution in [3.8, 4) is 17.2 Å². The summed E-state index contributed by atoms with van der Waals surface area (Å²) in [5.41, 5.74) is 3.87. The van der Waals surface area contributed by atoms with Gasteiger partial charge in [0.15, 0.2) is 0 Å². The number of benzene rings is 3. The highest BCUT2D eigenvalue weighted by molar-refractivity contribution is 6.35. The Hall–Kier alpha value is -2.89. The minimum Gasteiger partial charge on any atom is -0.497 e. The van der Waals surface area contributed by atoms with Gasteiger partial charge in [0.2, 0.25) is 6.23 Å². The van der Waals surface area contributed by atoms with Crippen LogP contribution >= 0.6 is 23.2 Å². The maximum atomic E-state index is 6.54. The SMILES string of the molecule is COc1ccc(C2=NN3[C@H](C2)c2cc(OC)ccc2O[C@H]3c2ccc(Cl)cc2Cl)cc1. The lowest BCUT2D eigenvalue weighted by Crippen LogP contribution is -2.33. The van der Waals surface area contributed by atoms with Crippen LogP contribution in [0.3, 0.4) is 0 Å². The Morgan fingerprint density at radius 3 is 2.35 bits per heavy atom. The number of rotatable bonds is 4. The Morgan fingerprint density at radius 2 is 1.65 bits per heavy atom. The van der Waals surface area contributed by atoms with Crippen molar-refractivity contribution in [1.29, 1.82) is 0 Å². The van der Waals surface area contributed by atoms with Crippen molar-refractivity contribution in [3.05, 3.63) is 87.4 Å². The van der Waals surface area contributed by atoms with Crippen molar-refractivity contribution >= 4 is 28.9 Å². The lowest BCUT2D eigenvalue weighted by atomic mass is 9.95. The Kier molecular flexibility index (Phi) is 5.16. The molecule has 0 aliphatic carbocycles. The van der Waals surface area contributed by atoms with E-state index in [-0.39, 0.29) is 6.04 Å². The Balaban J connectivity index is 1.59. The van der Waals surface area contributed by atoms with Gasteiger partial charge < -0.3 is 14.2 Å². The zero-order valence-electron chi connectivity index (χ0n) is 17.0. The van der Waals surface area contributed by atoms with Crippen LogP contribution < -0.4 is 14.2 Å². The highest BCUT2D eigenvalue weighted by Gasteiger charge is 2.41. The summed E-state index contributed by atoms with van der Waals surface area (Å²) in [4.78, 5) is 0. The van der Waals surface area contributed by atoms with Crippen molar-refractivity contribution in [3.63, 3.8) is 0 Å². The minimum absolute atomic E-state index is 0.00676. The average Bonchev–Trinajstić information content (AvgIpc) is 3.24. The summed E-state index contributed by atoms with van der Waals surface area (Å²) in [5.74, 6) is 2.39. The standard InChI is InChI=1S/C24H20Cl2N2O3/c1-29-16-6-3-14(4-7-16)21-13-22-19-12-17(30-2)8-10-23(19)31-24(28(22)27-21)18-9-5-15(25)11-20(18)26/h3-12,22,24H,13H2,1-2H3/t22-,24+/m1/s1. The number of hydrogen-bond acceptors (Lipinski definition) is 5. The first-order valence-corrected chi connectivity index (χ1v) is 10.6. The molecule has 0 saturated heterocycles. The number of ether oxygens (including phenoxy) is 3. The molecule has 2 aliphatic heterocycles. The minimum atomic E-state index is -0.466. The first-order chi connectivity index (χ1) is 15.1. The summed E-state index contributed by atoms with van der Waals surface area (Å²) in [5, 5.41) is 8.07. The van der Waals surface area contributed by atoms with Gasteiger partial charge in [0.05, 0.1) is 31.0 Å². The second-order valence-corrected chi connectivity index (χ2v) is 8.26. The van der Waals surface area contributed by atoms with Gasteiger partial charge in [-0.25, -0.2) is 5.01 Å². The van der Waals surface area contributed by atoms with E-state index in [2.05, 4.69) is 0 Å². The van der Waals surface area contributed by atoms with Crippen LogP contribution in [0.1, 0.15) is 35.4 Å². The van der Waals surface area contributed by atoms with Gasteiger partial charge in [-0.3, -0.25) is 0 Å². The summed E-state index contributed by atoms with van der Waals surface area (Å²) < 4.78 is 17.1. The van der Waals surface area contributed by atoms with E-state index >= 15 is 0 Å². The molecule has 2 aliphatic rings. The maximum absolute atomic E-state index is 6.54. The Bertz CT molecular complexity index is 1160. The van der Waals surface area contributed by atoms with Crippen LogP contribution in [0.5, 0.6) is 17.2 Å². The van der Waals surface area contributed by atoms with Gasteiger partial charge in [0.1, 0.15) is 17.2 Å². The molecule has 5 rings (SSSR count). The lowest BCUT2D eigenvalue weighted by molar-refractivity contribution is -0.0190. The molecule has 0 amide bonds. The number of nitrogens with zero attached hydrogens (tertiary/aromatic N) is 2. The molecule has 158 valence electrons. The van der Waals surface area contributed by atoms with Crippen LogP contribution in [0.4, 0.5) is 0 Å². The Labute approximate surface area is 190 Å². The van der Waals surface area contributed by atoms with Crippen LogP contribution in [-0.2, 0) is 0 Å². The molecule has 2 atom stereocenters. The quantitative estimate of drug-likeness (QED) is 0.466. The van der Waals surface area contributed by atoms with Crippen molar-refractivity contribution in [2.75, 3.05) is 14.2 Å². The molecular formula is C24H20Cl2N2O3. The molecule has 0 N–H and O–H groups in total. The zero-order valence-corrected chi connectivity index (χ0v) is 18.5. The van der Waals surface area contributed by atoms with Crippen LogP contribution in [0, 0.1) is 0 Å². The van der Waals surface area contributed by atoms with E-state index in [0.29, 0.717) is 10.0 Å². The van der Waals surface area contributed by atoms with Crippen LogP contribution in [0.15, 0.2) is 65.8 Å². The normalized spacial score (nSPS) is 19.2. The van der Waals surface area contributed by atoms with E-state index in [1.54, 1.807) is 20.3 Å². The lowest BCUT2D eigenvalue weighted by Gasteiger charge is -2.38. The molecule has 0 bridgehead atoms. The largest absolute Gasteiger partial charge is 0.497 e. The molecule has 0 fully saturated rings. The molecule has 0 spiro atoms. The monoisotopic (exact) mass is 454 g/mol. The number of methoxy groups -OCH3 is 2. The summed E-state index contributed by atoms with van der Waals surface area (Å²) in [6, 6.07) is 19.2. The molecule has 3 aromatic carbocycles.